The van der Waals surface area contributed by atoms with Crippen molar-refractivity contribution in [2.75, 3.05) is 6.61 Å². The molecule has 0 aliphatic heterocycles. The van der Waals surface area contributed by atoms with Crippen molar-refractivity contribution in [2.45, 2.75) is 26.4 Å². The second-order valence-electron chi connectivity index (χ2n) is 4.86. The van der Waals surface area contributed by atoms with Gasteiger partial charge in [-0.2, -0.15) is 0 Å². The summed E-state index contributed by atoms with van der Waals surface area (Å²) in [7, 11) is 0. The van der Waals surface area contributed by atoms with Crippen LogP contribution in [0.3, 0.4) is 0 Å². The highest BCUT2D eigenvalue weighted by Gasteiger charge is 2.16. The first-order valence-electron chi connectivity index (χ1n) is 5.62. The fourth-order valence-corrected chi connectivity index (χ4v) is 2.14. The van der Waals surface area contributed by atoms with E-state index in [4.69, 9.17) is 9.47 Å². The molecule has 0 radical (unpaired) electrons. The summed E-state index contributed by atoms with van der Waals surface area (Å²) in [6.45, 7) is 5.40. The third-order valence-electron chi connectivity index (χ3n) is 2.08. The minimum atomic E-state index is -0.484. The van der Waals surface area contributed by atoms with Gasteiger partial charge in [-0.15, -0.1) is 11.3 Å². The smallest absolute Gasteiger partial charge is 0.344 e. The number of carbonyl (C=O) groups excluding carboxylic acids is 1. The van der Waals surface area contributed by atoms with E-state index in [9.17, 15) is 4.79 Å². The van der Waals surface area contributed by atoms with Crippen LogP contribution in [0.25, 0.3) is 10.2 Å². The second kappa shape index (κ2) is 4.94. The van der Waals surface area contributed by atoms with Crippen LogP contribution < -0.4 is 4.74 Å². The number of hydrogen-bond acceptors (Lipinski definition) is 5. The number of hydrogen-bond donors (Lipinski definition) is 0. The molecular weight excluding hydrogens is 250 g/mol. The van der Waals surface area contributed by atoms with Gasteiger partial charge in [-0.1, -0.05) is 0 Å². The van der Waals surface area contributed by atoms with Crippen molar-refractivity contribution in [1.29, 1.82) is 0 Å². The maximum absolute atomic E-state index is 11.5. The number of benzene rings is 1. The number of ether oxygens (including phenoxy) is 2. The molecule has 1 aromatic carbocycles. The first kappa shape index (κ1) is 12.8. The van der Waals surface area contributed by atoms with E-state index in [2.05, 4.69) is 4.98 Å². The van der Waals surface area contributed by atoms with Gasteiger partial charge in [0.05, 0.1) is 15.7 Å². The Morgan fingerprint density at radius 2 is 2.17 bits per heavy atom. The number of fused-ring (bicyclic) bond motifs is 1. The average molecular weight is 265 g/mol. The quantitative estimate of drug-likeness (QED) is 0.800. The summed E-state index contributed by atoms with van der Waals surface area (Å²) in [5.74, 6) is 0.282. The molecule has 96 valence electrons. The average Bonchev–Trinajstić information content (AvgIpc) is 2.71. The zero-order valence-electron chi connectivity index (χ0n) is 10.6. The fraction of sp³-hybridized carbons (Fsp3) is 0.385. The van der Waals surface area contributed by atoms with Crippen LogP contribution in [0, 0.1) is 0 Å². The lowest BCUT2D eigenvalue weighted by atomic mass is 10.2. The molecule has 2 aromatic rings. The zero-order chi connectivity index (χ0) is 13.2. The Morgan fingerprint density at radius 1 is 1.39 bits per heavy atom. The Labute approximate surface area is 110 Å². The molecule has 0 amide bonds. The van der Waals surface area contributed by atoms with Crippen LogP contribution in [0.1, 0.15) is 20.8 Å². The summed E-state index contributed by atoms with van der Waals surface area (Å²) in [6.07, 6.45) is 0. The Kier molecular flexibility index (Phi) is 3.52. The zero-order valence-corrected chi connectivity index (χ0v) is 11.4. The maximum Gasteiger partial charge on any atom is 0.344 e. The molecule has 0 fully saturated rings. The number of aromatic nitrogens is 1. The summed E-state index contributed by atoms with van der Waals surface area (Å²) in [5, 5.41) is 0. The molecule has 0 saturated heterocycles. The van der Waals surface area contributed by atoms with Crippen molar-refractivity contribution in [3.05, 3.63) is 23.7 Å². The number of nitrogens with zero attached hydrogens (tertiary/aromatic N) is 1. The van der Waals surface area contributed by atoms with Gasteiger partial charge in [0.15, 0.2) is 6.61 Å². The van der Waals surface area contributed by atoms with E-state index in [1.807, 2.05) is 32.9 Å². The Bertz CT molecular complexity index is 557. The van der Waals surface area contributed by atoms with E-state index >= 15 is 0 Å². The summed E-state index contributed by atoms with van der Waals surface area (Å²) < 4.78 is 11.6. The van der Waals surface area contributed by atoms with Crippen LogP contribution in [-0.2, 0) is 9.53 Å². The lowest BCUT2D eigenvalue weighted by Gasteiger charge is -2.19. The molecule has 2 rings (SSSR count). The molecule has 0 aliphatic carbocycles. The number of carbonyl (C=O) groups is 1. The van der Waals surface area contributed by atoms with E-state index in [0.717, 1.165) is 10.2 Å². The molecule has 1 heterocycles. The standard InChI is InChI=1S/C13H15NO3S/c1-13(2,3)17-12(15)7-16-9-4-5-10-11(6-9)18-8-14-10/h4-6,8H,7H2,1-3H3. The normalized spacial score (nSPS) is 11.5. The van der Waals surface area contributed by atoms with Crippen molar-refractivity contribution in [2.24, 2.45) is 0 Å². The Hall–Kier alpha value is -1.62. The molecule has 0 unspecified atom stereocenters. The predicted molar refractivity (Wildman–Crippen MR) is 71.0 cm³/mol. The highest BCUT2D eigenvalue weighted by atomic mass is 32.1. The molecule has 5 heteroatoms. The second-order valence-corrected chi connectivity index (χ2v) is 5.74. The summed E-state index contributed by atoms with van der Waals surface area (Å²) in [4.78, 5) is 15.7. The van der Waals surface area contributed by atoms with E-state index in [1.54, 1.807) is 11.6 Å². The molecule has 0 saturated carbocycles. The van der Waals surface area contributed by atoms with Crippen molar-refractivity contribution in [3.8, 4) is 5.75 Å². The van der Waals surface area contributed by atoms with Gasteiger partial charge < -0.3 is 9.47 Å². The predicted octanol–water partition coefficient (Wildman–Crippen LogP) is 3.02. The van der Waals surface area contributed by atoms with Crippen molar-refractivity contribution < 1.29 is 14.3 Å². The molecule has 0 aliphatic rings. The van der Waals surface area contributed by atoms with E-state index < -0.39 is 5.60 Å². The van der Waals surface area contributed by atoms with Crippen molar-refractivity contribution >= 4 is 27.5 Å². The SMILES string of the molecule is CC(C)(C)OC(=O)COc1ccc2ncsc2c1. The molecule has 0 N–H and O–H groups in total. The van der Waals surface area contributed by atoms with E-state index in [-0.39, 0.29) is 12.6 Å². The lowest BCUT2D eigenvalue weighted by molar-refractivity contribution is -0.157. The van der Waals surface area contributed by atoms with Crippen LogP contribution in [0.15, 0.2) is 23.7 Å². The number of esters is 1. The molecule has 4 nitrogen and oxygen atoms in total. The van der Waals surface area contributed by atoms with Gasteiger partial charge in [-0.3, -0.25) is 0 Å². The summed E-state index contributed by atoms with van der Waals surface area (Å²) >= 11 is 1.54. The summed E-state index contributed by atoms with van der Waals surface area (Å²) in [6, 6.07) is 5.54. The Balaban J connectivity index is 1.95. The first-order valence-corrected chi connectivity index (χ1v) is 6.50. The molecule has 0 atom stereocenters. The molecule has 1 aromatic heterocycles. The van der Waals surface area contributed by atoms with Gasteiger partial charge in [-0.05, 0) is 39.0 Å². The third-order valence-corrected chi connectivity index (χ3v) is 2.87. The third kappa shape index (κ3) is 3.43. The van der Waals surface area contributed by atoms with Crippen LogP contribution in [0.2, 0.25) is 0 Å². The van der Waals surface area contributed by atoms with Crippen molar-refractivity contribution in [3.63, 3.8) is 0 Å². The van der Waals surface area contributed by atoms with Gasteiger partial charge in [0.25, 0.3) is 0 Å². The fourth-order valence-electron chi connectivity index (χ4n) is 1.44. The van der Waals surface area contributed by atoms with Gasteiger partial charge in [0, 0.05) is 0 Å². The van der Waals surface area contributed by atoms with E-state index in [1.165, 1.54) is 11.3 Å². The van der Waals surface area contributed by atoms with Crippen molar-refractivity contribution in [1.82, 2.24) is 4.98 Å². The minimum Gasteiger partial charge on any atom is -0.482 e. The van der Waals surface area contributed by atoms with E-state index in [0.29, 0.717) is 5.75 Å². The summed E-state index contributed by atoms with van der Waals surface area (Å²) in [5.41, 5.74) is 2.23. The molecular formula is C13H15NO3S. The number of thiazole rings is 1. The maximum atomic E-state index is 11.5. The topological polar surface area (TPSA) is 48.4 Å². The molecule has 18 heavy (non-hydrogen) atoms. The monoisotopic (exact) mass is 265 g/mol. The Morgan fingerprint density at radius 3 is 2.89 bits per heavy atom. The number of rotatable bonds is 3. The van der Waals surface area contributed by atoms with Gasteiger partial charge >= 0.3 is 5.97 Å². The van der Waals surface area contributed by atoms with Crippen LogP contribution in [0.4, 0.5) is 0 Å². The van der Waals surface area contributed by atoms with Crippen LogP contribution in [0.5, 0.6) is 5.75 Å². The van der Waals surface area contributed by atoms with Gasteiger partial charge in [0.1, 0.15) is 11.4 Å². The van der Waals surface area contributed by atoms with Gasteiger partial charge in [0.2, 0.25) is 0 Å². The largest absolute Gasteiger partial charge is 0.482 e. The molecule has 0 bridgehead atoms. The molecule has 0 spiro atoms. The first-order chi connectivity index (χ1) is 8.44. The van der Waals surface area contributed by atoms with Crippen LogP contribution in [-0.4, -0.2) is 23.2 Å². The van der Waals surface area contributed by atoms with Gasteiger partial charge in [-0.25, -0.2) is 9.78 Å². The van der Waals surface area contributed by atoms with Crippen LogP contribution >= 0.6 is 11.3 Å². The minimum absolute atomic E-state index is 0.0818. The highest BCUT2D eigenvalue weighted by Crippen LogP contribution is 2.23. The highest BCUT2D eigenvalue weighted by molar-refractivity contribution is 7.16. The lowest BCUT2D eigenvalue weighted by Crippen LogP contribution is -2.27.